The second-order valence-electron chi connectivity index (χ2n) is 9.13. The first-order valence-electron chi connectivity index (χ1n) is 12.0. The van der Waals surface area contributed by atoms with Gasteiger partial charge in [-0.05, 0) is 38.7 Å². The van der Waals surface area contributed by atoms with E-state index in [0.717, 1.165) is 0 Å². The lowest BCUT2D eigenvalue weighted by Crippen LogP contribution is -2.60. The molecule has 4 atom stereocenters. The monoisotopic (exact) mass is 585 g/mol. The summed E-state index contributed by atoms with van der Waals surface area (Å²) >= 11 is 16.8. The Morgan fingerprint density at radius 3 is 2.49 bits per heavy atom. The number of ether oxygens (including phenoxy) is 4. The largest absolute Gasteiger partial charge is 0.460 e. The van der Waals surface area contributed by atoms with Crippen LogP contribution in [0.1, 0.15) is 40.5 Å². The van der Waals surface area contributed by atoms with E-state index in [1.54, 1.807) is 26.8 Å². The van der Waals surface area contributed by atoms with Crippen LogP contribution in [-0.2, 0) is 38.1 Å². The van der Waals surface area contributed by atoms with Crippen LogP contribution in [0.5, 0.6) is 0 Å². The number of carbonyl (C=O) groups excluding carboxylic acids is 4. The van der Waals surface area contributed by atoms with Crippen molar-refractivity contribution < 1.29 is 38.1 Å². The summed E-state index contributed by atoms with van der Waals surface area (Å²) in [6.45, 7) is 7.02. The molecule has 0 spiro atoms. The lowest BCUT2D eigenvalue weighted by atomic mass is 10.0. The first kappa shape index (κ1) is 31.6. The van der Waals surface area contributed by atoms with E-state index in [4.69, 9.17) is 53.8 Å². The van der Waals surface area contributed by atoms with E-state index < -0.39 is 63.9 Å². The highest BCUT2D eigenvalue weighted by Gasteiger charge is 2.44. The molecular weight excluding hydrogens is 553 g/mol. The minimum Gasteiger partial charge on any atom is -0.460 e. The molecule has 2 heterocycles. The lowest BCUT2D eigenvalue weighted by molar-refractivity contribution is -0.195. The minimum atomic E-state index is -1.75. The molecule has 2 aliphatic rings. The average Bonchev–Trinajstić information content (AvgIpc) is 2.85. The Bertz CT molecular complexity index is 859. The van der Waals surface area contributed by atoms with Crippen LogP contribution in [0.2, 0.25) is 0 Å². The standard InChI is InChI=1S/C23H34Cl3N3O8/c1-5-8-22(12-34-10-11-36-22)21(33)37-17(14(2)3)18(30)27-15(4)19(31)29-9-6-7-16(28-29)20(32)35-13-23(24,25)26/h5,8,14-17,28H,6-7,9-13H2,1-4H3,(H,27,30)/b8-5+/t15-,16-,17-,22?/m0/s1. The Kier molecular flexibility index (Phi) is 11.9. The van der Waals surface area contributed by atoms with E-state index in [2.05, 4.69) is 10.7 Å². The van der Waals surface area contributed by atoms with Gasteiger partial charge in [0, 0.05) is 6.54 Å². The van der Waals surface area contributed by atoms with Crippen LogP contribution in [0, 0.1) is 5.92 Å². The van der Waals surface area contributed by atoms with Gasteiger partial charge in [-0.25, -0.2) is 10.2 Å². The molecular formula is C23H34Cl3N3O8. The molecule has 0 bridgehead atoms. The molecule has 11 nitrogen and oxygen atoms in total. The molecule has 210 valence electrons. The number of nitrogens with zero attached hydrogens (tertiary/aromatic N) is 1. The molecule has 0 aromatic carbocycles. The number of esters is 2. The van der Waals surface area contributed by atoms with E-state index in [-0.39, 0.29) is 13.2 Å². The van der Waals surface area contributed by atoms with Gasteiger partial charge in [-0.1, -0.05) is 54.7 Å². The Hall–Kier alpha value is -1.63. The maximum absolute atomic E-state index is 13.0. The van der Waals surface area contributed by atoms with Crippen LogP contribution < -0.4 is 10.7 Å². The maximum atomic E-state index is 13.0. The lowest BCUT2D eigenvalue weighted by Gasteiger charge is -2.35. The highest BCUT2D eigenvalue weighted by molar-refractivity contribution is 6.67. The van der Waals surface area contributed by atoms with Gasteiger partial charge in [-0.3, -0.25) is 19.4 Å². The van der Waals surface area contributed by atoms with Crippen LogP contribution in [0.3, 0.4) is 0 Å². The fourth-order valence-electron chi connectivity index (χ4n) is 3.77. The van der Waals surface area contributed by atoms with Crippen molar-refractivity contribution in [3.63, 3.8) is 0 Å². The molecule has 37 heavy (non-hydrogen) atoms. The van der Waals surface area contributed by atoms with Gasteiger partial charge in [-0.15, -0.1) is 0 Å². The predicted molar refractivity (Wildman–Crippen MR) is 136 cm³/mol. The molecule has 2 aliphatic heterocycles. The van der Waals surface area contributed by atoms with Crippen molar-refractivity contribution in [2.45, 2.75) is 68.1 Å². The Labute approximate surface area is 231 Å². The van der Waals surface area contributed by atoms with Crippen molar-refractivity contribution in [2.75, 3.05) is 33.0 Å². The molecule has 2 amide bonds. The molecule has 2 fully saturated rings. The van der Waals surface area contributed by atoms with Crippen LogP contribution in [0.25, 0.3) is 0 Å². The number of nitrogens with one attached hydrogen (secondary N) is 2. The summed E-state index contributed by atoms with van der Waals surface area (Å²) in [5.41, 5.74) is 1.35. The number of carbonyl (C=O) groups is 4. The third-order valence-electron chi connectivity index (χ3n) is 5.63. The summed E-state index contributed by atoms with van der Waals surface area (Å²) in [5.74, 6) is -2.96. The number of alkyl halides is 3. The maximum Gasteiger partial charge on any atom is 0.345 e. The topological polar surface area (TPSA) is 132 Å². The normalized spacial score (nSPS) is 24.4. The SMILES string of the molecule is C/C=C/C1(C(=O)O[C@H](C(=O)N[C@@H](C)C(=O)N2CCC[C@@H](C(=O)OCC(Cl)(Cl)Cl)N2)C(C)C)COCCO1. The molecule has 0 aromatic rings. The van der Waals surface area contributed by atoms with Gasteiger partial charge in [0.25, 0.3) is 11.8 Å². The first-order chi connectivity index (χ1) is 17.3. The summed E-state index contributed by atoms with van der Waals surface area (Å²) in [7, 11) is 0. The van der Waals surface area contributed by atoms with E-state index in [0.29, 0.717) is 26.0 Å². The van der Waals surface area contributed by atoms with E-state index in [1.807, 2.05) is 0 Å². The zero-order valence-corrected chi connectivity index (χ0v) is 23.5. The van der Waals surface area contributed by atoms with Gasteiger partial charge in [0.05, 0.1) is 19.8 Å². The Morgan fingerprint density at radius 2 is 1.92 bits per heavy atom. The fraction of sp³-hybridized carbons (Fsp3) is 0.739. The summed E-state index contributed by atoms with van der Waals surface area (Å²) < 4.78 is 19.8. The van der Waals surface area contributed by atoms with Gasteiger partial charge in [0.2, 0.25) is 9.39 Å². The summed E-state index contributed by atoms with van der Waals surface area (Å²) in [4.78, 5) is 51.3. The summed E-state index contributed by atoms with van der Waals surface area (Å²) in [6, 6.07) is -1.81. The molecule has 2 saturated heterocycles. The van der Waals surface area contributed by atoms with Crippen molar-refractivity contribution in [1.82, 2.24) is 15.8 Å². The van der Waals surface area contributed by atoms with E-state index >= 15 is 0 Å². The number of rotatable bonds is 9. The van der Waals surface area contributed by atoms with E-state index in [1.165, 1.54) is 18.0 Å². The van der Waals surface area contributed by atoms with E-state index in [9.17, 15) is 19.2 Å². The molecule has 2 rings (SSSR count). The Morgan fingerprint density at radius 1 is 1.22 bits per heavy atom. The van der Waals surface area contributed by atoms with Gasteiger partial charge in [0.1, 0.15) is 18.7 Å². The molecule has 0 aromatic heterocycles. The van der Waals surface area contributed by atoms with Gasteiger partial charge in [0.15, 0.2) is 6.10 Å². The second kappa shape index (κ2) is 14.0. The predicted octanol–water partition coefficient (Wildman–Crippen LogP) is 1.83. The molecule has 2 N–H and O–H groups in total. The summed E-state index contributed by atoms with van der Waals surface area (Å²) in [6.07, 6.45) is 2.91. The highest BCUT2D eigenvalue weighted by atomic mass is 35.6. The van der Waals surface area contributed by atoms with Gasteiger partial charge in [-0.2, -0.15) is 0 Å². The van der Waals surface area contributed by atoms with Crippen molar-refractivity contribution in [3.05, 3.63) is 12.2 Å². The first-order valence-corrected chi connectivity index (χ1v) is 13.1. The number of hydrogen-bond acceptors (Lipinski definition) is 9. The third-order valence-corrected chi connectivity index (χ3v) is 5.95. The van der Waals surface area contributed by atoms with Crippen LogP contribution in [0.15, 0.2) is 12.2 Å². The summed E-state index contributed by atoms with van der Waals surface area (Å²) in [5, 5.41) is 3.83. The Balaban J connectivity index is 1.99. The molecule has 1 unspecified atom stereocenters. The number of halogens is 3. The molecule has 0 aliphatic carbocycles. The number of allylic oxidation sites excluding steroid dienone is 1. The van der Waals surface area contributed by atoms with Crippen molar-refractivity contribution in [1.29, 1.82) is 0 Å². The fourth-order valence-corrected chi connectivity index (χ4v) is 3.93. The number of hydrogen-bond donors (Lipinski definition) is 2. The van der Waals surface area contributed by atoms with Crippen molar-refractivity contribution in [3.8, 4) is 0 Å². The zero-order chi connectivity index (χ0) is 27.8. The third kappa shape index (κ3) is 9.26. The van der Waals surface area contributed by atoms with Gasteiger partial charge >= 0.3 is 11.9 Å². The molecule has 0 saturated carbocycles. The quantitative estimate of drug-likeness (QED) is 0.236. The smallest absolute Gasteiger partial charge is 0.345 e. The highest BCUT2D eigenvalue weighted by Crippen LogP contribution is 2.26. The van der Waals surface area contributed by atoms with Crippen LogP contribution in [-0.4, -0.2) is 89.3 Å². The van der Waals surface area contributed by atoms with Crippen molar-refractivity contribution in [2.24, 2.45) is 5.92 Å². The average molecular weight is 587 g/mol. The minimum absolute atomic E-state index is 0.0383. The van der Waals surface area contributed by atoms with Crippen LogP contribution in [0.4, 0.5) is 0 Å². The number of amides is 2. The molecule has 0 radical (unpaired) electrons. The zero-order valence-electron chi connectivity index (χ0n) is 21.3. The van der Waals surface area contributed by atoms with Gasteiger partial charge < -0.3 is 24.3 Å². The van der Waals surface area contributed by atoms with Crippen LogP contribution >= 0.6 is 34.8 Å². The second-order valence-corrected chi connectivity index (χ2v) is 11.6. The number of hydrazine groups is 1. The molecule has 14 heteroatoms. The van der Waals surface area contributed by atoms with Crippen molar-refractivity contribution >= 4 is 58.6 Å².